The number of urea groups is 1. The van der Waals surface area contributed by atoms with Crippen LogP contribution in [-0.2, 0) is 6.42 Å². The van der Waals surface area contributed by atoms with E-state index in [1.165, 1.54) is 5.56 Å². The van der Waals surface area contributed by atoms with E-state index in [-0.39, 0.29) is 24.7 Å². The quantitative estimate of drug-likeness (QED) is 0.709. The van der Waals surface area contributed by atoms with Crippen molar-refractivity contribution >= 4 is 11.7 Å². The number of carbonyl (C=O) groups excluding carboxylic acids is 1. The molecule has 1 aliphatic rings. The molecule has 4 rings (SSSR count). The summed E-state index contributed by atoms with van der Waals surface area (Å²) >= 11 is 0. The maximum atomic E-state index is 12.9. The Morgan fingerprint density at radius 3 is 2.76 bits per heavy atom. The number of rotatable bonds is 4. The lowest BCUT2D eigenvalue weighted by Crippen LogP contribution is -2.43. The molecule has 0 bridgehead atoms. The van der Waals surface area contributed by atoms with Crippen LogP contribution in [0.3, 0.4) is 0 Å². The molecule has 1 unspecified atom stereocenters. The summed E-state index contributed by atoms with van der Waals surface area (Å²) in [6.45, 7) is 2.33. The van der Waals surface area contributed by atoms with E-state index in [1.807, 2.05) is 37.3 Å². The van der Waals surface area contributed by atoms with Gasteiger partial charge in [-0.25, -0.2) is 14.8 Å². The molecule has 0 spiro atoms. The highest BCUT2D eigenvalue weighted by Crippen LogP contribution is 2.30. The zero-order valence-electron chi connectivity index (χ0n) is 16.1. The van der Waals surface area contributed by atoms with Crippen molar-refractivity contribution < 1.29 is 14.6 Å². The summed E-state index contributed by atoms with van der Waals surface area (Å²) in [6.07, 6.45) is 3.99. The minimum Gasteiger partial charge on any atom is -0.424 e. The van der Waals surface area contributed by atoms with Crippen LogP contribution in [0.2, 0.25) is 0 Å². The summed E-state index contributed by atoms with van der Waals surface area (Å²) in [5.41, 5.74) is 3.72. The first-order valence-corrected chi connectivity index (χ1v) is 9.47. The molecule has 3 aromatic rings. The first-order chi connectivity index (χ1) is 14.2. The average molecular weight is 390 g/mol. The number of carbonyl (C=O) groups is 1. The summed E-state index contributed by atoms with van der Waals surface area (Å²) in [6, 6.07) is 14.7. The van der Waals surface area contributed by atoms with Crippen molar-refractivity contribution in [3.8, 4) is 11.8 Å². The molecule has 2 aromatic carbocycles. The average Bonchev–Trinajstić information content (AvgIpc) is 2.75. The molecule has 0 radical (unpaired) electrons. The molecule has 1 atom stereocenters. The largest absolute Gasteiger partial charge is 0.424 e. The van der Waals surface area contributed by atoms with Crippen LogP contribution in [0.5, 0.6) is 11.8 Å². The Bertz CT molecular complexity index is 1010. The van der Waals surface area contributed by atoms with Crippen molar-refractivity contribution in [3.63, 3.8) is 0 Å². The van der Waals surface area contributed by atoms with Gasteiger partial charge in [0, 0.05) is 24.6 Å². The van der Waals surface area contributed by atoms with Crippen molar-refractivity contribution in [2.24, 2.45) is 0 Å². The molecule has 7 nitrogen and oxygen atoms in total. The van der Waals surface area contributed by atoms with E-state index >= 15 is 0 Å². The predicted molar refractivity (Wildman–Crippen MR) is 109 cm³/mol. The lowest BCUT2D eigenvalue weighted by molar-refractivity contribution is 0.135. The first-order valence-electron chi connectivity index (χ1n) is 9.47. The number of amides is 2. The van der Waals surface area contributed by atoms with Crippen molar-refractivity contribution in [2.75, 3.05) is 18.5 Å². The molecule has 1 aromatic heterocycles. The molecule has 148 valence electrons. The summed E-state index contributed by atoms with van der Waals surface area (Å²) in [5.74, 6) is 0.590. The van der Waals surface area contributed by atoms with Crippen LogP contribution < -0.4 is 10.1 Å². The van der Waals surface area contributed by atoms with E-state index < -0.39 is 0 Å². The molecule has 0 saturated carbocycles. The molecule has 2 N–H and O–H groups in total. The number of aromatic nitrogens is 2. The Hall–Kier alpha value is -3.45. The number of fused-ring (bicyclic) bond motifs is 1. The number of ether oxygens (including phenoxy) is 1. The van der Waals surface area contributed by atoms with Crippen molar-refractivity contribution in [1.82, 2.24) is 14.9 Å². The van der Waals surface area contributed by atoms with Crippen molar-refractivity contribution in [1.29, 1.82) is 0 Å². The van der Waals surface area contributed by atoms with Crippen LogP contribution >= 0.6 is 0 Å². The Morgan fingerprint density at radius 1 is 1.21 bits per heavy atom. The number of anilines is 1. The molecule has 7 heteroatoms. The monoisotopic (exact) mass is 390 g/mol. The Labute approximate surface area is 169 Å². The summed E-state index contributed by atoms with van der Waals surface area (Å²) in [7, 11) is 0. The fourth-order valence-corrected chi connectivity index (χ4v) is 3.56. The minimum absolute atomic E-state index is 0.118. The van der Waals surface area contributed by atoms with E-state index in [0.717, 1.165) is 17.5 Å². The fraction of sp³-hybridized carbons (Fsp3) is 0.227. The van der Waals surface area contributed by atoms with Gasteiger partial charge < -0.3 is 20.1 Å². The van der Waals surface area contributed by atoms with Gasteiger partial charge in [0.25, 0.3) is 0 Å². The highest BCUT2D eigenvalue weighted by Gasteiger charge is 2.30. The van der Waals surface area contributed by atoms with Gasteiger partial charge in [0.05, 0.1) is 12.6 Å². The van der Waals surface area contributed by atoms with E-state index in [4.69, 9.17) is 4.74 Å². The number of aliphatic hydroxyl groups excluding tert-OH is 1. The SMILES string of the molecule is Cc1cc(Oc2ncccn2)ccc1NC(=O)N1CCc2ccccc2C1CO. The highest BCUT2D eigenvalue weighted by molar-refractivity contribution is 5.90. The molecule has 0 aliphatic carbocycles. The van der Waals surface area contributed by atoms with Crippen LogP contribution in [0.15, 0.2) is 60.9 Å². The number of aryl methyl sites for hydroxylation is 1. The Balaban J connectivity index is 1.48. The van der Waals surface area contributed by atoms with Crippen LogP contribution in [0.4, 0.5) is 10.5 Å². The van der Waals surface area contributed by atoms with Crippen molar-refractivity contribution in [3.05, 3.63) is 77.6 Å². The second-order valence-corrected chi connectivity index (χ2v) is 6.88. The van der Waals surface area contributed by atoms with Gasteiger partial charge in [0.2, 0.25) is 0 Å². The highest BCUT2D eigenvalue weighted by atomic mass is 16.5. The Morgan fingerprint density at radius 2 is 2.00 bits per heavy atom. The number of benzene rings is 2. The van der Waals surface area contributed by atoms with Gasteiger partial charge in [-0.15, -0.1) is 0 Å². The molecular weight excluding hydrogens is 368 g/mol. The van der Waals surface area contributed by atoms with Crippen LogP contribution in [0.1, 0.15) is 22.7 Å². The first kappa shape index (κ1) is 18.9. The lowest BCUT2D eigenvalue weighted by Gasteiger charge is -2.36. The zero-order valence-corrected chi connectivity index (χ0v) is 16.1. The minimum atomic E-state index is -0.349. The fourth-order valence-electron chi connectivity index (χ4n) is 3.56. The van der Waals surface area contributed by atoms with Gasteiger partial charge in [0.1, 0.15) is 5.75 Å². The van der Waals surface area contributed by atoms with E-state index in [2.05, 4.69) is 15.3 Å². The van der Waals surface area contributed by atoms with Gasteiger partial charge in [-0.2, -0.15) is 0 Å². The molecule has 2 amide bonds. The number of aliphatic hydroxyl groups is 1. The predicted octanol–water partition coefficient (Wildman–Crippen LogP) is 3.70. The lowest BCUT2D eigenvalue weighted by atomic mass is 9.93. The molecule has 29 heavy (non-hydrogen) atoms. The topological polar surface area (TPSA) is 87.6 Å². The smallest absolute Gasteiger partial charge is 0.322 e. The molecule has 2 heterocycles. The molecule has 0 saturated heterocycles. The third-order valence-electron chi connectivity index (χ3n) is 5.04. The maximum absolute atomic E-state index is 12.9. The standard InChI is InChI=1S/C22H22N4O3/c1-15-13-17(29-21-23-10-4-11-24-21)7-8-19(15)25-22(28)26-12-9-16-5-2-3-6-18(16)20(26)14-27/h2-8,10-11,13,20,27H,9,12,14H2,1H3,(H,25,28). The maximum Gasteiger partial charge on any atom is 0.322 e. The van der Waals surface area contributed by atoms with E-state index in [1.54, 1.807) is 35.5 Å². The third kappa shape index (κ3) is 4.05. The normalized spacial score (nSPS) is 15.5. The third-order valence-corrected chi connectivity index (χ3v) is 5.04. The molecule has 1 aliphatic heterocycles. The second-order valence-electron chi connectivity index (χ2n) is 6.88. The summed E-state index contributed by atoms with van der Waals surface area (Å²) in [4.78, 5) is 22.7. The van der Waals surface area contributed by atoms with Crippen LogP contribution in [0.25, 0.3) is 0 Å². The zero-order chi connectivity index (χ0) is 20.2. The van der Waals surface area contributed by atoms with E-state index in [0.29, 0.717) is 18.0 Å². The van der Waals surface area contributed by atoms with Gasteiger partial charge in [-0.05, 0) is 54.3 Å². The number of nitrogens with one attached hydrogen (secondary N) is 1. The Kier molecular flexibility index (Phi) is 5.39. The van der Waals surface area contributed by atoms with Crippen LogP contribution in [-0.4, -0.2) is 39.2 Å². The summed E-state index contributed by atoms with van der Waals surface area (Å²) < 4.78 is 5.63. The van der Waals surface area contributed by atoms with Crippen molar-refractivity contribution in [2.45, 2.75) is 19.4 Å². The van der Waals surface area contributed by atoms with Gasteiger partial charge >= 0.3 is 12.0 Å². The van der Waals surface area contributed by atoms with Gasteiger partial charge in [0.15, 0.2) is 0 Å². The second kappa shape index (κ2) is 8.28. The number of hydrogen-bond acceptors (Lipinski definition) is 5. The number of nitrogens with zero attached hydrogens (tertiary/aromatic N) is 3. The van der Waals surface area contributed by atoms with Gasteiger partial charge in [-0.1, -0.05) is 24.3 Å². The van der Waals surface area contributed by atoms with E-state index in [9.17, 15) is 9.90 Å². The molecule has 0 fully saturated rings. The van der Waals surface area contributed by atoms with Gasteiger partial charge in [-0.3, -0.25) is 0 Å². The molecular formula is C22H22N4O3. The van der Waals surface area contributed by atoms with Crippen LogP contribution in [0, 0.1) is 6.92 Å². The summed E-state index contributed by atoms with van der Waals surface area (Å²) in [5, 5.41) is 12.9. The number of hydrogen-bond donors (Lipinski definition) is 2.